The average molecular weight is 249 g/mol. The summed E-state index contributed by atoms with van der Waals surface area (Å²) in [4.78, 5) is 26.8. The first-order valence-electron chi connectivity index (χ1n) is 4.99. The fraction of sp³-hybridized carbons (Fsp3) is 0.300. The Labute approximate surface area is 103 Å². The van der Waals surface area contributed by atoms with Gasteiger partial charge in [-0.3, -0.25) is 14.9 Å². The largest absolute Gasteiger partial charge is 0.384 e. The molecule has 94 valence electrons. The zero-order valence-electron chi connectivity index (χ0n) is 9.66. The Morgan fingerprint density at radius 3 is 2.94 bits per heavy atom. The Hall–Kier alpha value is -2.69. The van der Waals surface area contributed by atoms with Gasteiger partial charge in [0.15, 0.2) is 0 Å². The molecule has 0 saturated heterocycles. The third-order valence-corrected chi connectivity index (χ3v) is 2.24. The van der Waals surface area contributed by atoms with E-state index in [0.717, 1.165) is 12.3 Å². The van der Waals surface area contributed by atoms with Crippen molar-refractivity contribution >= 4 is 17.4 Å². The molecule has 2 N–H and O–H groups in total. The van der Waals surface area contributed by atoms with Gasteiger partial charge in [-0.1, -0.05) is 0 Å². The number of pyridine rings is 1. The number of nitriles is 1. The number of rotatable bonds is 4. The molecule has 1 aromatic rings. The second kappa shape index (κ2) is 5.58. The highest BCUT2D eigenvalue weighted by atomic mass is 16.6. The molecule has 0 aliphatic rings. The van der Waals surface area contributed by atoms with Gasteiger partial charge >= 0.3 is 0 Å². The van der Waals surface area contributed by atoms with Crippen molar-refractivity contribution in [3.05, 3.63) is 27.9 Å². The summed E-state index contributed by atoms with van der Waals surface area (Å²) < 4.78 is 0. The molecule has 0 unspecified atom stereocenters. The van der Waals surface area contributed by atoms with Gasteiger partial charge in [0, 0.05) is 13.6 Å². The van der Waals surface area contributed by atoms with Gasteiger partial charge in [-0.2, -0.15) is 5.26 Å². The summed E-state index contributed by atoms with van der Waals surface area (Å²) in [6.07, 6.45) is 1.09. The van der Waals surface area contributed by atoms with Gasteiger partial charge in [0.05, 0.1) is 17.4 Å². The van der Waals surface area contributed by atoms with Crippen LogP contribution in [0, 0.1) is 21.4 Å². The van der Waals surface area contributed by atoms with Crippen LogP contribution in [0.2, 0.25) is 0 Å². The van der Waals surface area contributed by atoms with Gasteiger partial charge in [0.1, 0.15) is 17.6 Å². The number of amides is 1. The SMILES string of the molecule is CN(CCC#N)C(=O)c1cc(N)ncc1[N+](=O)[O-]. The summed E-state index contributed by atoms with van der Waals surface area (Å²) in [6.45, 7) is 0.189. The van der Waals surface area contributed by atoms with Crippen LogP contribution in [-0.4, -0.2) is 34.3 Å². The number of anilines is 1. The lowest BCUT2D eigenvalue weighted by atomic mass is 10.2. The van der Waals surface area contributed by atoms with Crippen LogP contribution in [0.4, 0.5) is 11.5 Å². The molecule has 18 heavy (non-hydrogen) atoms. The Balaban J connectivity index is 3.08. The molecule has 0 spiro atoms. The highest BCUT2D eigenvalue weighted by Gasteiger charge is 2.23. The van der Waals surface area contributed by atoms with Gasteiger partial charge in [-0.15, -0.1) is 0 Å². The van der Waals surface area contributed by atoms with Crippen LogP contribution in [-0.2, 0) is 0 Å². The zero-order chi connectivity index (χ0) is 13.7. The summed E-state index contributed by atoms with van der Waals surface area (Å²) >= 11 is 0. The van der Waals surface area contributed by atoms with Gasteiger partial charge in [0.2, 0.25) is 0 Å². The minimum Gasteiger partial charge on any atom is -0.384 e. The zero-order valence-corrected chi connectivity index (χ0v) is 9.66. The molecule has 0 saturated carbocycles. The van der Waals surface area contributed by atoms with E-state index in [2.05, 4.69) is 4.98 Å². The van der Waals surface area contributed by atoms with Crippen molar-refractivity contribution in [1.29, 1.82) is 5.26 Å². The lowest BCUT2D eigenvalue weighted by Crippen LogP contribution is -2.28. The van der Waals surface area contributed by atoms with Crippen LogP contribution in [0.3, 0.4) is 0 Å². The standard InChI is InChI=1S/C10H11N5O3/c1-14(4-2-3-11)10(16)7-5-9(12)13-6-8(7)15(17)18/h5-6H,2,4H2,1H3,(H2,12,13). The topological polar surface area (TPSA) is 126 Å². The molecule has 1 aromatic heterocycles. The third-order valence-electron chi connectivity index (χ3n) is 2.24. The number of aromatic nitrogens is 1. The molecule has 0 atom stereocenters. The van der Waals surface area contributed by atoms with Gasteiger partial charge in [-0.05, 0) is 6.07 Å². The maximum atomic E-state index is 12.0. The van der Waals surface area contributed by atoms with Crippen molar-refractivity contribution in [2.24, 2.45) is 0 Å². The van der Waals surface area contributed by atoms with Crippen LogP contribution in [0.1, 0.15) is 16.8 Å². The fourth-order valence-corrected chi connectivity index (χ4v) is 1.31. The summed E-state index contributed by atoms with van der Waals surface area (Å²) in [7, 11) is 1.46. The predicted molar refractivity (Wildman–Crippen MR) is 62.5 cm³/mol. The molecule has 0 aliphatic heterocycles. The molecule has 0 bridgehead atoms. The van der Waals surface area contributed by atoms with Crippen LogP contribution < -0.4 is 5.73 Å². The number of nitrogens with two attached hydrogens (primary N) is 1. The van der Waals surface area contributed by atoms with Crippen molar-refractivity contribution in [3.63, 3.8) is 0 Å². The number of nitrogen functional groups attached to an aromatic ring is 1. The van der Waals surface area contributed by atoms with E-state index in [0.29, 0.717) is 0 Å². The van der Waals surface area contributed by atoms with Gasteiger partial charge in [0.25, 0.3) is 11.6 Å². The van der Waals surface area contributed by atoms with Crippen LogP contribution in [0.5, 0.6) is 0 Å². The lowest BCUT2D eigenvalue weighted by molar-refractivity contribution is -0.385. The molecular formula is C10H11N5O3. The smallest absolute Gasteiger partial charge is 0.300 e. The first-order chi connectivity index (χ1) is 8.47. The second-order valence-corrected chi connectivity index (χ2v) is 3.52. The molecule has 8 heteroatoms. The summed E-state index contributed by atoms with van der Waals surface area (Å²) in [5.74, 6) is -0.538. The number of hydrogen-bond acceptors (Lipinski definition) is 6. The van der Waals surface area contributed by atoms with E-state index in [-0.39, 0.29) is 24.3 Å². The second-order valence-electron chi connectivity index (χ2n) is 3.52. The van der Waals surface area contributed by atoms with E-state index in [1.54, 1.807) is 0 Å². The third kappa shape index (κ3) is 2.91. The van der Waals surface area contributed by atoms with E-state index >= 15 is 0 Å². The van der Waals surface area contributed by atoms with Crippen LogP contribution in [0.25, 0.3) is 0 Å². The predicted octanol–water partition coefficient (Wildman–Crippen LogP) is 0.558. The molecule has 0 fully saturated rings. The van der Waals surface area contributed by atoms with Gasteiger partial charge in [-0.25, -0.2) is 4.98 Å². The van der Waals surface area contributed by atoms with E-state index < -0.39 is 16.5 Å². The van der Waals surface area contributed by atoms with E-state index in [4.69, 9.17) is 11.0 Å². The maximum Gasteiger partial charge on any atom is 0.300 e. The first kappa shape index (κ1) is 13.4. The number of hydrogen-bond donors (Lipinski definition) is 1. The first-order valence-corrected chi connectivity index (χ1v) is 4.99. The fourth-order valence-electron chi connectivity index (χ4n) is 1.31. The van der Waals surface area contributed by atoms with Crippen molar-refractivity contribution in [2.45, 2.75) is 6.42 Å². The molecule has 0 aliphatic carbocycles. The maximum absolute atomic E-state index is 12.0. The van der Waals surface area contributed by atoms with Crippen molar-refractivity contribution in [1.82, 2.24) is 9.88 Å². The van der Waals surface area contributed by atoms with Crippen LogP contribution in [0.15, 0.2) is 12.3 Å². The summed E-state index contributed by atoms with van der Waals surface area (Å²) in [6, 6.07) is 3.04. The quantitative estimate of drug-likeness (QED) is 0.613. The number of nitro groups is 1. The highest BCUT2D eigenvalue weighted by Crippen LogP contribution is 2.20. The Bertz CT molecular complexity index is 523. The Kier molecular flexibility index (Phi) is 4.15. The Morgan fingerprint density at radius 1 is 1.72 bits per heavy atom. The van der Waals surface area contributed by atoms with E-state index in [1.807, 2.05) is 6.07 Å². The molecule has 8 nitrogen and oxygen atoms in total. The lowest BCUT2D eigenvalue weighted by Gasteiger charge is -2.15. The average Bonchev–Trinajstić information content (AvgIpc) is 2.34. The van der Waals surface area contributed by atoms with Gasteiger partial charge < -0.3 is 10.6 Å². The van der Waals surface area contributed by atoms with Crippen molar-refractivity contribution in [3.8, 4) is 6.07 Å². The van der Waals surface area contributed by atoms with E-state index in [9.17, 15) is 14.9 Å². The van der Waals surface area contributed by atoms with Crippen LogP contribution >= 0.6 is 0 Å². The molecular weight excluding hydrogens is 238 g/mol. The number of carbonyl (C=O) groups excluding carboxylic acids is 1. The Morgan fingerprint density at radius 2 is 2.39 bits per heavy atom. The molecule has 0 aromatic carbocycles. The number of nitrogens with zero attached hydrogens (tertiary/aromatic N) is 4. The normalized spacial score (nSPS) is 9.56. The van der Waals surface area contributed by atoms with Crippen molar-refractivity contribution in [2.75, 3.05) is 19.3 Å². The number of carbonyl (C=O) groups is 1. The monoisotopic (exact) mass is 249 g/mol. The minimum atomic E-state index is -0.697. The molecule has 0 radical (unpaired) electrons. The summed E-state index contributed by atoms with van der Waals surface area (Å²) in [5, 5.41) is 19.2. The van der Waals surface area contributed by atoms with Crippen molar-refractivity contribution < 1.29 is 9.72 Å². The highest BCUT2D eigenvalue weighted by molar-refractivity contribution is 5.98. The van der Waals surface area contributed by atoms with E-state index in [1.165, 1.54) is 11.9 Å². The molecule has 1 heterocycles. The molecule has 1 amide bonds. The summed E-state index contributed by atoms with van der Waals surface area (Å²) in [5.41, 5.74) is 4.87. The minimum absolute atomic E-state index is 0.0256. The molecule has 1 rings (SSSR count).